The van der Waals surface area contributed by atoms with Crippen molar-refractivity contribution in [3.8, 4) is 0 Å². The van der Waals surface area contributed by atoms with Gasteiger partial charge in [-0.25, -0.2) is 0 Å². The van der Waals surface area contributed by atoms with Crippen LogP contribution in [-0.2, 0) is 20.9 Å². The van der Waals surface area contributed by atoms with Gasteiger partial charge in [0.15, 0.2) is 0 Å². The molecule has 1 aliphatic rings. The van der Waals surface area contributed by atoms with Gasteiger partial charge in [-0.15, -0.1) is 0 Å². The summed E-state index contributed by atoms with van der Waals surface area (Å²) < 4.78 is 10.7. The largest absolute Gasteiger partial charge is 0.550 e. The number of carbonyl (C=O) groups excluding carboxylic acids is 2. The first-order chi connectivity index (χ1) is 13.7. The van der Waals surface area contributed by atoms with Crippen molar-refractivity contribution in [3.05, 3.63) is 95.9 Å². The Bertz CT molecular complexity index is 886. The van der Waals surface area contributed by atoms with Crippen molar-refractivity contribution in [1.82, 2.24) is 0 Å². The van der Waals surface area contributed by atoms with Gasteiger partial charge in [0.1, 0.15) is 12.4 Å². The van der Waals surface area contributed by atoms with E-state index in [2.05, 4.69) is 0 Å². The fraction of sp³-hybridized carbons (Fsp3) is 0.217. The van der Waals surface area contributed by atoms with Crippen molar-refractivity contribution in [2.45, 2.75) is 18.4 Å². The van der Waals surface area contributed by atoms with E-state index in [1.54, 1.807) is 12.1 Å². The molecule has 1 aliphatic carbocycles. The Morgan fingerprint density at radius 2 is 1.39 bits per heavy atom. The summed E-state index contributed by atoms with van der Waals surface area (Å²) in [6.45, 7) is 0.0152. The van der Waals surface area contributed by atoms with E-state index in [9.17, 15) is 14.7 Å². The van der Waals surface area contributed by atoms with Crippen LogP contribution in [0.4, 0.5) is 0 Å². The topological polar surface area (TPSA) is 79.6 Å². The number of carboxylic acids is 1. The molecule has 28 heavy (non-hydrogen) atoms. The van der Waals surface area contributed by atoms with Gasteiger partial charge in [-0.05, 0) is 23.3 Å². The smallest absolute Gasteiger partial charge is 0.310 e. The van der Waals surface area contributed by atoms with Crippen molar-refractivity contribution in [1.29, 1.82) is 0 Å². The molecule has 0 saturated heterocycles. The highest BCUT2D eigenvalue weighted by Gasteiger charge is 2.56. The average molecular weight is 375 g/mol. The summed E-state index contributed by atoms with van der Waals surface area (Å²) >= 11 is 0. The van der Waals surface area contributed by atoms with Crippen LogP contribution in [0.3, 0.4) is 0 Å². The number of carbonyl (C=O) groups is 2. The van der Waals surface area contributed by atoms with Crippen molar-refractivity contribution >= 4 is 11.9 Å². The van der Waals surface area contributed by atoms with Gasteiger partial charge in [0.05, 0.1) is 12.2 Å². The highest BCUT2D eigenvalue weighted by molar-refractivity contribution is 5.83. The molecule has 2 atom stereocenters. The van der Waals surface area contributed by atoms with Crippen LogP contribution in [0.2, 0.25) is 0 Å². The number of hydrogen-bond acceptors (Lipinski definition) is 5. The summed E-state index contributed by atoms with van der Waals surface area (Å²) in [7, 11) is 0. The van der Waals surface area contributed by atoms with Crippen LogP contribution in [0, 0.1) is 11.8 Å². The van der Waals surface area contributed by atoms with E-state index in [-0.39, 0.29) is 6.61 Å². The molecule has 0 unspecified atom stereocenters. The lowest BCUT2D eigenvalue weighted by Gasteiger charge is -2.51. The minimum absolute atomic E-state index is 0.0152. The molecule has 1 aromatic heterocycles. The molecule has 142 valence electrons. The van der Waals surface area contributed by atoms with Crippen LogP contribution >= 0.6 is 0 Å². The highest BCUT2D eigenvalue weighted by Crippen LogP contribution is 2.57. The molecule has 3 aromatic rings. The lowest BCUT2D eigenvalue weighted by molar-refractivity contribution is -0.317. The molecule has 0 bridgehead atoms. The number of carboxylic acid groups (broad SMARTS) is 1. The van der Waals surface area contributed by atoms with Crippen LogP contribution in [0.25, 0.3) is 0 Å². The number of benzene rings is 2. The van der Waals surface area contributed by atoms with E-state index in [0.29, 0.717) is 5.76 Å². The molecule has 1 fully saturated rings. The summed E-state index contributed by atoms with van der Waals surface area (Å²) in [5.41, 5.74) is 1.59. The molecular weight excluding hydrogens is 356 g/mol. The first kappa shape index (κ1) is 18.0. The van der Waals surface area contributed by atoms with Gasteiger partial charge >= 0.3 is 5.97 Å². The molecule has 0 aliphatic heterocycles. The standard InChI is InChI=1S/C23H20O5/c24-22(25)20-18(15-8-3-1-4-9-15)21(19(20)16-10-5-2-6-11-16)23(26)28-14-17-12-7-13-27-17/h1-13,18-21H,14H2,(H,24,25)/p-1/t18-,19-,20?,21?/m1/s1. The van der Waals surface area contributed by atoms with E-state index in [0.717, 1.165) is 11.1 Å². The maximum Gasteiger partial charge on any atom is 0.310 e. The molecule has 0 amide bonds. The lowest BCUT2D eigenvalue weighted by Crippen LogP contribution is -2.55. The van der Waals surface area contributed by atoms with Gasteiger partial charge in [0.25, 0.3) is 0 Å². The first-order valence-electron chi connectivity index (χ1n) is 9.16. The van der Waals surface area contributed by atoms with E-state index in [1.165, 1.54) is 6.26 Å². The second-order valence-electron chi connectivity index (χ2n) is 6.93. The molecule has 2 aromatic carbocycles. The van der Waals surface area contributed by atoms with Crippen molar-refractivity contribution in [2.75, 3.05) is 0 Å². The quantitative estimate of drug-likeness (QED) is 0.619. The number of aliphatic carboxylic acids is 1. The summed E-state index contributed by atoms with van der Waals surface area (Å²) in [5, 5.41) is 12.0. The summed E-state index contributed by atoms with van der Waals surface area (Å²) in [4.78, 5) is 25.0. The van der Waals surface area contributed by atoms with Gasteiger partial charge in [0, 0.05) is 23.7 Å². The van der Waals surface area contributed by atoms with Gasteiger partial charge in [-0.1, -0.05) is 60.7 Å². The predicted octanol–water partition coefficient (Wildman–Crippen LogP) is 2.89. The van der Waals surface area contributed by atoms with Crippen LogP contribution in [-0.4, -0.2) is 11.9 Å². The molecule has 1 saturated carbocycles. The third-order valence-corrected chi connectivity index (χ3v) is 5.40. The average Bonchev–Trinajstić information content (AvgIpc) is 3.21. The van der Waals surface area contributed by atoms with Crippen molar-refractivity contribution < 1.29 is 23.8 Å². The van der Waals surface area contributed by atoms with Crippen LogP contribution in [0.1, 0.15) is 28.7 Å². The molecule has 0 N–H and O–H groups in total. The van der Waals surface area contributed by atoms with Crippen molar-refractivity contribution in [3.63, 3.8) is 0 Å². The second-order valence-corrected chi connectivity index (χ2v) is 6.93. The Labute approximate surface area is 162 Å². The number of rotatable bonds is 6. The third-order valence-electron chi connectivity index (χ3n) is 5.40. The highest BCUT2D eigenvalue weighted by atomic mass is 16.5. The number of esters is 1. The Balaban J connectivity index is 1.66. The van der Waals surface area contributed by atoms with E-state index >= 15 is 0 Å². The van der Waals surface area contributed by atoms with Gasteiger partial charge in [-0.2, -0.15) is 0 Å². The van der Waals surface area contributed by atoms with E-state index in [1.807, 2.05) is 60.7 Å². The van der Waals surface area contributed by atoms with Gasteiger partial charge < -0.3 is 19.1 Å². The third kappa shape index (κ3) is 3.31. The summed E-state index contributed by atoms with van der Waals surface area (Å²) in [6.07, 6.45) is 1.51. The zero-order valence-electron chi connectivity index (χ0n) is 15.1. The molecule has 0 spiro atoms. The summed E-state index contributed by atoms with van der Waals surface area (Å²) in [6, 6.07) is 21.9. The molecule has 4 rings (SSSR count). The molecular formula is C23H19O5-. The second kappa shape index (κ2) is 7.72. The first-order valence-corrected chi connectivity index (χ1v) is 9.16. The monoisotopic (exact) mass is 375 g/mol. The van der Waals surface area contributed by atoms with E-state index < -0.39 is 35.6 Å². The normalized spacial score (nSPS) is 23.6. The minimum atomic E-state index is -1.15. The zero-order chi connectivity index (χ0) is 19.5. The fourth-order valence-corrected chi connectivity index (χ4v) is 4.15. The number of furan rings is 1. The maximum absolute atomic E-state index is 13.0. The summed E-state index contributed by atoms with van der Waals surface area (Å²) in [5.74, 6) is -3.46. The Kier molecular flexibility index (Phi) is 4.98. The van der Waals surface area contributed by atoms with Gasteiger partial charge in [-0.3, -0.25) is 4.79 Å². The molecule has 5 nitrogen and oxygen atoms in total. The predicted molar refractivity (Wildman–Crippen MR) is 98.9 cm³/mol. The lowest BCUT2D eigenvalue weighted by atomic mass is 9.52. The minimum Gasteiger partial charge on any atom is -0.550 e. The Morgan fingerprint density at radius 3 is 1.86 bits per heavy atom. The Hall–Kier alpha value is -3.34. The maximum atomic E-state index is 13.0. The van der Waals surface area contributed by atoms with Crippen molar-refractivity contribution in [2.24, 2.45) is 11.8 Å². The molecule has 0 radical (unpaired) electrons. The van der Waals surface area contributed by atoms with Crippen LogP contribution in [0.5, 0.6) is 0 Å². The molecule has 1 heterocycles. The van der Waals surface area contributed by atoms with E-state index in [4.69, 9.17) is 9.15 Å². The zero-order valence-corrected chi connectivity index (χ0v) is 15.1. The molecule has 5 heteroatoms. The van der Waals surface area contributed by atoms with Gasteiger partial charge in [0.2, 0.25) is 0 Å². The van der Waals surface area contributed by atoms with Crippen LogP contribution in [0.15, 0.2) is 83.5 Å². The van der Waals surface area contributed by atoms with Crippen LogP contribution < -0.4 is 5.11 Å². The number of hydrogen-bond donors (Lipinski definition) is 0. The number of ether oxygens (including phenoxy) is 1. The SMILES string of the molecule is O=C([O-])C1[C@@H](c2ccccc2)C(C(=O)OCc2ccco2)[C@@H]1c1ccccc1. The fourth-order valence-electron chi connectivity index (χ4n) is 4.15. The Morgan fingerprint density at radius 1 is 0.821 bits per heavy atom.